The van der Waals surface area contributed by atoms with Crippen LogP contribution in [-0.2, 0) is 0 Å². The number of nitrogens with one attached hydrogen (secondary N) is 1. The van der Waals surface area contributed by atoms with Gasteiger partial charge in [0.2, 0.25) is 0 Å². The first-order valence-electron chi connectivity index (χ1n) is 6.66. The molecule has 1 aliphatic carbocycles. The molecule has 0 saturated heterocycles. The zero-order chi connectivity index (χ0) is 13.4. The molecule has 1 heterocycles. The van der Waals surface area contributed by atoms with Gasteiger partial charge >= 0.3 is 0 Å². The Morgan fingerprint density at radius 1 is 1.47 bits per heavy atom. The number of aromatic amines is 1. The highest BCUT2D eigenvalue weighted by molar-refractivity contribution is 5.97. The molecule has 2 aromatic rings. The fourth-order valence-electron chi connectivity index (χ4n) is 2.39. The number of hydrogen-bond donors (Lipinski definition) is 2. The predicted octanol–water partition coefficient (Wildman–Crippen LogP) is 2.01. The number of amides is 1. The van der Waals surface area contributed by atoms with E-state index in [0.29, 0.717) is 18.2 Å². The van der Waals surface area contributed by atoms with Gasteiger partial charge in [-0.3, -0.25) is 4.79 Å². The first kappa shape index (κ1) is 12.2. The fourth-order valence-corrected chi connectivity index (χ4v) is 2.39. The molecule has 1 fully saturated rings. The zero-order valence-corrected chi connectivity index (χ0v) is 11.0. The lowest BCUT2D eigenvalue weighted by atomic mass is 10.2. The number of carbonyl (C=O) groups is 1. The van der Waals surface area contributed by atoms with E-state index in [4.69, 9.17) is 0 Å². The standard InChI is InChI=1S/C15H18N2O2/c1-17(9-14(18)10-6-7-10)15(19)13-8-11-4-2-3-5-12(11)16-13/h2-5,8,10,14,16,18H,6-7,9H2,1H3. The number of aliphatic hydroxyl groups is 1. The molecule has 100 valence electrons. The van der Waals surface area contributed by atoms with Crippen LogP contribution in [0.2, 0.25) is 0 Å². The molecule has 2 N–H and O–H groups in total. The van der Waals surface area contributed by atoms with E-state index in [0.717, 1.165) is 23.7 Å². The summed E-state index contributed by atoms with van der Waals surface area (Å²) in [6.45, 7) is 0.402. The number of likely N-dealkylation sites (N-methyl/N-ethyl adjacent to an activating group) is 1. The van der Waals surface area contributed by atoms with Crippen molar-refractivity contribution in [3.63, 3.8) is 0 Å². The summed E-state index contributed by atoms with van der Waals surface area (Å²) in [4.78, 5) is 17.0. The molecule has 1 saturated carbocycles. The Hall–Kier alpha value is -1.81. The molecule has 1 amide bonds. The van der Waals surface area contributed by atoms with E-state index in [-0.39, 0.29) is 5.91 Å². The number of carbonyl (C=O) groups excluding carboxylic acids is 1. The van der Waals surface area contributed by atoms with Gasteiger partial charge in [0.05, 0.1) is 6.10 Å². The van der Waals surface area contributed by atoms with Gasteiger partial charge in [0, 0.05) is 24.5 Å². The molecule has 4 nitrogen and oxygen atoms in total. The lowest BCUT2D eigenvalue weighted by molar-refractivity contribution is 0.0641. The normalized spacial score (nSPS) is 16.5. The van der Waals surface area contributed by atoms with E-state index < -0.39 is 6.10 Å². The molecule has 1 aliphatic rings. The zero-order valence-electron chi connectivity index (χ0n) is 11.0. The maximum Gasteiger partial charge on any atom is 0.270 e. The van der Waals surface area contributed by atoms with Gasteiger partial charge in [0.25, 0.3) is 5.91 Å². The molecule has 19 heavy (non-hydrogen) atoms. The van der Waals surface area contributed by atoms with Crippen LogP contribution in [0, 0.1) is 5.92 Å². The largest absolute Gasteiger partial charge is 0.391 e. The van der Waals surface area contributed by atoms with Crippen molar-refractivity contribution in [1.82, 2.24) is 9.88 Å². The van der Waals surface area contributed by atoms with Gasteiger partial charge in [0.15, 0.2) is 0 Å². The summed E-state index contributed by atoms with van der Waals surface area (Å²) < 4.78 is 0. The minimum Gasteiger partial charge on any atom is -0.391 e. The lowest BCUT2D eigenvalue weighted by Gasteiger charge is -2.20. The predicted molar refractivity (Wildman–Crippen MR) is 74.0 cm³/mol. The van der Waals surface area contributed by atoms with E-state index in [1.807, 2.05) is 30.3 Å². The van der Waals surface area contributed by atoms with Crippen molar-refractivity contribution in [2.75, 3.05) is 13.6 Å². The van der Waals surface area contributed by atoms with E-state index >= 15 is 0 Å². The number of hydrogen-bond acceptors (Lipinski definition) is 2. The van der Waals surface area contributed by atoms with Gasteiger partial charge in [-0.25, -0.2) is 0 Å². The van der Waals surface area contributed by atoms with E-state index in [1.165, 1.54) is 0 Å². The molecule has 0 spiro atoms. The monoisotopic (exact) mass is 258 g/mol. The summed E-state index contributed by atoms with van der Waals surface area (Å²) in [7, 11) is 1.74. The second-order valence-electron chi connectivity index (χ2n) is 5.36. The summed E-state index contributed by atoms with van der Waals surface area (Å²) in [5.41, 5.74) is 1.54. The Labute approximate surface area is 112 Å². The molecule has 1 atom stereocenters. The third-order valence-electron chi connectivity index (χ3n) is 3.73. The van der Waals surface area contributed by atoms with Crippen LogP contribution in [0.4, 0.5) is 0 Å². The molecule has 0 bridgehead atoms. The number of para-hydroxylation sites is 1. The maximum absolute atomic E-state index is 12.3. The molecule has 4 heteroatoms. The molecule has 3 rings (SSSR count). The number of benzene rings is 1. The van der Waals surface area contributed by atoms with Crippen LogP contribution >= 0.6 is 0 Å². The number of nitrogens with zero attached hydrogens (tertiary/aromatic N) is 1. The van der Waals surface area contributed by atoms with Gasteiger partial charge in [-0.15, -0.1) is 0 Å². The molecular weight excluding hydrogens is 240 g/mol. The van der Waals surface area contributed by atoms with Gasteiger partial charge in [0.1, 0.15) is 5.69 Å². The van der Waals surface area contributed by atoms with Crippen LogP contribution in [0.15, 0.2) is 30.3 Å². The highest BCUT2D eigenvalue weighted by Gasteiger charge is 2.31. The SMILES string of the molecule is CN(CC(O)C1CC1)C(=O)c1cc2ccccc2[nH]1. The Morgan fingerprint density at radius 2 is 2.21 bits per heavy atom. The number of aromatic nitrogens is 1. The number of aliphatic hydroxyl groups excluding tert-OH is 1. The van der Waals surface area contributed by atoms with Crippen LogP contribution in [0.5, 0.6) is 0 Å². The van der Waals surface area contributed by atoms with Crippen LogP contribution in [0.25, 0.3) is 10.9 Å². The Kier molecular flexibility index (Phi) is 3.03. The van der Waals surface area contributed by atoms with Crippen molar-refractivity contribution >= 4 is 16.8 Å². The summed E-state index contributed by atoms with van der Waals surface area (Å²) in [6, 6.07) is 9.67. The van der Waals surface area contributed by atoms with E-state index in [1.54, 1.807) is 11.9 Å². The summed E-state index contributed by atoms with van der Waals surface area (Å²) in [5, 5.41) is 10.9. The second-order valence-corrected chi connectivity index (χ2v) is 5.36. The van der Waals surface area contributed by atoms with Crippen molar-refractivity contribution < 1.29 is 9.90 Å². The average molecular weight is 258 g/mol. The first-order chi connectivity index (χ1) is 9.15. The van der Waals surface area contributed by atoms with Gasteiger partial charge in [-0.1, -0.05) is 18.2 Å². The second kappa shape index (κ2) is 4.70. The van der Waals surface area contributed by atoms with Crippen LogP contribution in [0.1, 0.15) is 23.3 Å². The summed E-state index contributed by atoms with van der Waals surface area (Å²) >= 11 is 0. The molecule has 0 aliphatic heterocycles. The third-order valence-corrected chi connectivity index (χ3v) is 3.73. The molecule has 1 unspecified atom stereocenters. The molecule has 1 aromatic carbocycles. The Balaban J connectivity index is 1.74. The first-order valence-corrected chi connectivity index (χ1v) is 6.66. The fraction of sp³-hybridized carbons (Fsp3) is 0.400. The van der Waals surface area contributed by atoms with Gasteiger partial charge in [-0.2, -0.15) is 0 Å². The summed E-state index contributed by atoms with van der Waals surface area (Å²) in [6.07, 6.45) is 1.77. The van der Waals surface area contributed by atoms with Crippen molar-refractivity contribution in [2.24, 2.45) is 5.92 Å². The van der Waals surface area contributed by atoms with Crippen LogP contribution in [0.3, 0.4) is 0 Å². The number of fused-ring (bicyclic) bond motifs is 1. The quantitative estimate of drug-likeness (QED) is 0.881. The van der Waals surface area contributed by atoms with Crippen molar-refractivity contribution in [1.29, 1.82) is 0 Å². The number of rotatable bonds is 4. The van der Waals surface area contributed by atoms with Gasteiger partial charge in [-0.05, 0) is 30.9 Å². The lowest BCUT2D eigenvalue weighted by Crippen LogP contribution is -2.35. The Bertz CT molecular complexity index is 568. The molecule has 1 aromatic heterocycles. The smallest absolute Gasteiger partial charge is 0.270 e. The van der Waals surface area contributed by atoms with Crippen molar-refractivity contribution in [3.8, 4) is 0 Å². The summed E-state index contributed by atoms with van der Waals surface area (Å²) in [5.74, 6) is 0.314. The highest BCUT2D eigenvalue weighted by atomic mass is 16.3. The van der Waals surface area contributed by atoms with E-state index in [2.05, 4.69) is 4.98 Å². The average Bonchev–Trinajstić information content (AvgIpc) is 3.16. The van der Waals surface area contributed by atoms with Crippen LogP contribution < -0.4 is 0 Å². The minimum atomic E-state index is -0.390. The highest BCUT2D eigenvalue weighted by Crippen LogP contribution is 2.32. The maximum atomic E-state index is 12.3. The topological polar surface area (TPSA) is 56.3 Å². The van der Waals surface area contributed by atoms with Crippen molar-refractivity contribution in [3.05, 3.63) is 36.0 Å². The third kappa shape index (κ3) is 2.49. The Morgan fingerprint density at radius 3 is 2.89 bits per heavy atom. The molecular formula is C15H18N2O2. The molecule has 0 radical (unpaired) electrons. The van der Waals surface area contributed by atoms with E-state index in [9.17, 15) is 9.90 Å². The van der Waals surface area contributed by atoms with Crippen LogP contribution in [-0.4, -0.2) is 40.6 Å². The van der Waals surface area contributed by atoms with Gasteiger partial charge < -0.3 is 15.0 Å². The number of H-pyrrole nitrogens is 1. The van der Waals surface area contributed by atoms with Crippen molar-refractivity contribution in [2.45, 2.75) is 18.9 Å². The minimum absolute atomic E-state index is 0.0732.